The number of rotatable bonds is 6. The molecule has 0 N–H and O–H groups in total. The van der Waals surface area contributed by atoms with Crippen LogP contribution in [-0.4, -0.2) is 10.8 Å². The second-order valence-electron chi connectivity index (χ2n) is 6.02. The molecule has 0 saturated carbocycles. The molecule has 0 spiro atoms. The van der Waals surface area contributed by atoms with Gasteiger partial charge in [0.05, 0.1) is 10.7 Å². The molecule has 0 bridgehead atoms. The zero-order valence-corrected chi connectivity index (χ0v) is 17.6. The summed E-state index contributed by atoms with van der Waals surface area (Å²) in [5, 5.41) is 4.32. The molecule has 0 radical (unpaired) electrons. The molecule has 25 heavy (non-hydrogen) atoms. The van der Waals surface area contributed by atoms with Gasteiger partial charge >= 0.3 is 0 Å². The van der Waals surface area contributed by atoms with Crippen LogP contribution in [0.3, 0.4) is 0 Å². The Bertz CT molecular complexity index is 733. The molecule has 0 aliphatic heterocycles. The summed E-state index contributed by atoms with van der Waals surface area (Å²) in [7, 11) is 0. The van der Waals surface area contributed by atoms with Crippen molar-refractivity contribution in [1.29, 1.82) is 0 Å². The first kappa shape index (κ1) is 20.4. The average Bonchev–Trinajstić information content (AvgIpc) is 2.53. The van der Waals surface area contributed by atoms with E-state index < -0.39 is 0 Å². The first-order valence-electron chi connectivity index (χ1n) is 8.00. The molecule has 1 nitrogen and oxygen atoms in total. The average molecular weight is 410 g/mol. The van der Waals surface area contributed by atoms with Crippen molar-refractivity contribution in [2.24, 2.45) is 10.9 Å². The zero-order valence-electron chi connectivity index (χ0n) is 14.5. The van der Waals surface area contributed by atoms with Crippen LogP contribution in [-0.2, 0) is 0 Å². The quantitative estimate of drug-likeness (QED) is 0.271. The van der Waals surface area contributed by atoms with Gasteiger partial charge in [-0.3, -0.25) is 0 Å². The number of aliphatic imine (C=N–C) groups is 1. The Morgan fingerprint density at radius 1 is 1.08 bits per heavy atom. The Morgan fingerprint density at radius 2 is 1.72 bits per heavy atom. The number of halogens is 2. The highest BCUT2D eigenvalue weighted by atomic mass is 35.5. The molecule has 0 aliphatic carbocycles. The van der Waals surface area contributed by atoms with E-state index in [0.29, 0.717) is 16.0 Å². The van der Waals surface area contributed by atoms with Crippen LogP contribution in [0.15, 0.2) is 63.8 Å². The second kappa shape index (κ2) is 10.3. The Labute approximate surface area is 168 Å². The van der Waals surface area contributed by atoms with Gasteiger partial charge < -0.3 is 0 Å². The maximum atomic E-state index is 6.05. The summed E-state index contributed by atoms with van der Waals surface area (Å²) in [6, 6.07) is 13.8. The molecule has 0 heterocycles. The van der Waals surface area contributed by atoms with Crippen LogP contribution < -0.4 is 0 Å². The van der Waals surface area contributed by atoms with Crippen molar-refractivity contribution in [2.45, 2.75) is 25.7 Å². The number of hydrogen-bond donors (Lipinski definition) is 0. The van der Waals surface area contributed by atoms with Gasteiger partial charge in [0.25, 0.3) is 0 Å². The minimum atomic E-state index is 0.612. The highest BCUT2D eigenvalue weighted by molar-refractivity contribution is 8.14. The number of nitrogens with zero attached hydrogens (tertiary/aromatic N) is 1. The van der Waals surface area contributed by atoms with Gasteiger partial charge in [0.2, 0.25) is 0 Å². The van der Waals surface area contributed by atoms with Crippen LogP contribution >= 0.6 is 46.7 Å². The third kappa shape index (κ3) is 7.91. The van der Waals surface area contributed by atoms with Crippen molar-refractivity contribution in [3.8, 4) is 0 Å². The smallest absolute Gasteiger partial charge is 0.0972 e. The Balaban J connectivity index is 2.12. The second-order valence-corrected chi connectivity index (χ2v) is 8.91. The fourth-order valence-corrected chi connectivity index (χ4v) is 4.21. The van der Waals surface area contributed by atoms with Crippen LogP contribution in [0.5, 0.6) is 0 Å². The molecule has 0 unspecified atom stereocenters. The van der Waals surface area contributed by atoms with Gasteiger partial charge in [-0.2, -0.15) is 0 Å². The first-order valence-corrected chi connectivity index (χ1v) is 10.6. The lowest BCUT2D eigenvalue weighted by molar-refractivity contribution is 0.752. The zero-order chi connectivity index (χ0) is 18.2. The predicted octanol–water partition coefficient (Wildman–Crippen LogP) is 8.03. The molecule has 132 valence electrons. The van der Waals surface area contributed by atoms with Crippen molar-refractivity contribution in [3.63, 3.8) is 0 Å². The number of aryl methyl sites for hydroxylation is 1. The van der Waals surface area contributed by atoms with E-state index >= 15 is 0 Å². The monoisotopic (exact) mass is 409 g/mol. The summed E-state index contributed by atoms with van der Waals surface area (Å²) in [5.41, 5.74) is 2.21. The van der Waals surface area contributed by atoms with Crippen LogP contribution in [0.1, 0.15) is 19.4 Å². The van der Waals surface area contributed by atoms with Gasteiger partial charge in [0.1, 0.15) is 0 Å². The van der Waals surface area contributed by atoms with Crippen molar-refractivity contribution < 1.29 is 0 Å². The number of hydrogen-bond acceptors (Lipinski definition) is 3. The largest absolute Gasteiger partial charge is 0.242 e. The third-order valence-corrected chi connectivity index (χ3v) is 5.66. The lowest BCUT2D eigenvalue weighted by Gasteiger charge is -2.05. The molecule has 0 fully saturated rings. The minimum Gasteiger partial charge on any atom is -0.242 e. The predicted molar refractivity (Wildman–Crippen MR) is 117 cm³/mol. The lowest BCUT2D eigenvalue weighted by atomic mass is 10.2. The Kier molecular flexibility index (Phi) is 8.44. The van der Waals surface area contributed by atoms with Crippen LogP contribution in [0.25, 0.3) is 0 Å². The van der Waals surface area contributed by atoms with E-state index in [1.54, 1.807) is 29.6 Å². The van der Waals surface area contributed by atoms with E-state index in [1.165, 1.54) is 5.56 Å². The molecule has 5 heteroatoms. The molecular formula is C20H21Cl2NS2. The van der Waals surface area contributed by atoms with Crippen molar-refractivity contribution in [3.05, 3.63) is 69.6 Å². The van der Waals surface area contributed by atoms with E-state index in [4.69, 9.17) is 28.2 Å². The summed E-state index contributed by atoms with van der Waals surface area (Å²) in [6.07, 6.45) is 2.05. The van der Waals surface area contributed by atoms with Gasteiger partial charge in [-0.05, 0) is 54.7 Å². The van der Waals surface area contributed by atoms with Gasteiger partial charge in [0.15, 0.2) is 0 Å². The third-order valence-electron chi connectivity index (χ3n) is 3.09. The van der Waals surface area contributed by atoms with Gasteiger partial charge in [-0.1, -0.05) is 66.5 Å². The lowest BCUT2D eigenvalue weighted by Crippen LogP contribution is -1.95. The summed E-state index contributed by atoms with van der Waals surface area (Å²) >= 11 is 15.4. The van der Waals surface area contributed by atoms with Crippen LogP contribution in [0, 0.1) is 12.8 Å². The molecule has 2 aromatic rings. The summed E-state index contributed by atoms with van der Waals surface area (Å²) in [6.45, 7) is 6.50. The molecule has 2 aromatic carbocycles. The van der Waals surface area contributed by atoms with Crippen molar-refractivity contribution in [2.75, 3.05) is 5.75 Å². The summed E-state index contributed by atoms with van der Waals surface area (Å²) < 4.78 is 0. The molecule has 0 aromatic heterocycles. The molecule has 0 saturated heterocycles. The van der Waals surface area contributed by atoms with Crippen LogP contribution in [0.4, 0.5) is 5.69 Å². The number of benzene rings is 2. The fourth-order valence-electron chi connectivity index (χ4n) is 1.88. The van der Waals surface area contributed by atoms with Crippen LogP contribution in [0.2, 0.25) is 10.0 Å². The molecule has 0 atom stereocenters. The van der Waals surface area contributed by atoms with Crippen molar-refractivity contribution >= 4 is 57.5 Å². The van der Waals surface area contributed by atoms with Crippen molar-refractivity contribution in [1.82, 2.24) is 0 Å². The normalized spacial score (nSPS) is 12.3. The molecule has 2 rings (SSSR count). The molecule has 0 aliphatic rings. The molecular weight excluding hydrogens is 389 g/mol. The standard InChI is InChI=1S/C20H21Cl2NS2/c1-14(2)13-25-20(23-18-6-4-15(3)5-7-18)8-9-24-19-11-16(21)10-17(22)12-19/h4-12,14H,13H2,1-3H3. The Hall–Kier alpha value is -0.870. The minimum absolute atomic E-state index is 0.612. The van der Waals surface area contributed by atoms with Gasteiger partial charge in [-0.25, -0.2) is 4.99 Å². The maximum absolute atomic E-state index is 6.05. The number of thioether (sulfide) groups is 2. The topological polar surface area (TPSA) is 12.4 Å². The van der Waals surface area contributed by atoms with E-state index in [2.05, 4.69) is 32.9 Å². The first-order chi connectivity index (χ1) is 11.9. The molecule has 0 amide bonds. The van der Waals surface area contributed by atoms with Gasteiger partial charge in [0, 0.05) is 20.7 Å². The SMILES string of the molecule is Cc1ccc(N=C(C=CSc2cc(Cl)cc(Cl)c2)SCC(C)C)cc1. The van der Waals surface area contributed by atoms with E-state index in [0.717, 1.165) is 21.4 Å². The highest BCUT2D eigenvalue weighted by Crippen LogP contribution is 2.28. The van der Waals surface area contributed by atoms with Gasteiger partial charge in [-0.15, -0.1) is 11.8 Å². The fraction of sp³-hybridized carbons (Fsp3) is 0.250. The van der Waals surface area contributed by atoms with E-state index in [9.17, 15) is 0 Å². The van der Waals surface area contributed by atoms with E-state index in [1.807, 2.05) is 35.7 Å². The van der Waals surface area contributed by atoms with E-state index in [-0.39, 0.29) is 0 Å². The maximum Gasteiger partial charge on any atom is 0.0972 e. The summed E-state index contributed by atoms with van der Waals surface area (Å²) in [5.74, 6) is 1.64. The summed E-state index contributed by atoms with van der Waals surface area (Å²) in [4.78, 5) is 5.78. The highest BCUT2D eigenvalue weighted by Gasteiger charge is 2.02. The Morgan fingerprint density at radius 3 is 2.32 bits per heavy atom.